The van der Waals surface area contributed by atoms with Gasteiger partial charge in [0.2, 0.25) is 5.92 Å². The van der Waals surface area contributed by atoms with Crippen molar-refractivity contribution in [2.24, 2.45) is 11.8 Å². The average molecular weight is 223 g/mol. The molecule has 2 aliphatic rings. The lowest BCUT2D eigenvalue weighted by atomic mass is 9.81. The summed E-state index contributed by atoms with van der Waals surface area (Å²) in [6.07, 6.45) is -0.285. The van der Waals surface area contributed by atoms with E-state index in [1.165, 1.54) is 0 Å². The Bertz CT molecular complexity index is 231. The van der Waals surface area contributed by atoms with Gasteiger partial charge in [-0.3, -0.25) is 0 Å². The fraction of sp³-hybridized carbons (Fsp3) is 1.00. The van der Waals surface area contributed by atoms with Crippen LogP contribution in [0, 0.1) is 5.92 Å². The van der Waals surface area contributed by atoms with Gasteiger partial charge in [0, 0.05) is 25.2 Å². The Labute approximate surface area is 86.6 Å². The number of alkyl halides is 2. The smallest absolute Gasteiger partial charge is 0.248 e. The van der Waals surface area contributed by atoms with Gasteiger partial charge in [-0.05, 0) is 0 Å². The predicted molar refractivity (Wildman–Crippen MR) is 47.1 cm³/mol. The van der Waals surface area contributed by atoms with E-state index in [9.17, 15) is 8.78 Å². The topological polar surface area (TPSA) is 53.7 Å². The first-order valence-electron chi connectivity index (χ1n) is 5.05. The summed E-state index contributed by atoms with van der Waals surface area (Å²) in [6, 6.07) is 0. The van der Waals surface area contributed by atoms with Crippen LogP contribution in [-0.2, 0) is 14.3 Å². The van der Waals surface area contributed by atoms with Gasteiger partial charge in [-0.25, -0.2) is 14.7 Å². The van der Waals surface area contributed by atoms with Crippen LogP contribution in [0.1, 0.15) is 19.3 Å². The molecule has 1 unspecified atom stereocenters. The molecule has 2 fully saturated rings. The highest BCUT2D eigenvalue weighted by molar-refractivity contribution is 4.92. The van der Waals surface area contributed by atoms with Crippen LogP contribution in [-0.4, -0.2) is 31.5 Å². The molecule has 1 heterocycles. The number of hydrogen-bond acceptors (Lipinski definition) is 4. The van der Waals surface area contributed by atoms with Gasteiger partial charge in [0.15, 0.2) is 5.79 Å². The van der Waals surface area contributed by atoms with Crippen molar-refractivity contribution in [3.63, 3.8) is 0 Å². The normalized spacial score (nSPS) is 33.4. The first-order valence-corrected chi connectivity index (χ1v) is 5.05. The zero-order valence-electron chi connectivity index (χ0n) is 8.38. The SMILES string of the molecule is NOCC1CC(F)(F)CCC12OCCO2. The van der Waals surface area contributed by atoms with Gasteiger partial charge in [0.05, 0.1) is 19.8 Å². The highest BCUT2D eigenvalue weighted by Gasteiger charge is 2.53. The van der Waals surface area contributed by atoms with Gasteiger partial charge in [-0.1, -0.05) is 0 Å². The minimum atomic E-state index is -2.66. The predicted octanol–water partition coefficient (Wildman–Crippen LogP) is 1.06. The van der Waals surface area contributed by atoms with E-state index < -0.39 is 17.6 Å². The third-order valence-corrected chi connectivity index (χ3v) is 3.08. The Hall–Kier alpha value is -0.300. The molecule has 15 heavy (non-hydrogen) atoms. The first-order chi connectivity index (χ1) is 7.08. The van der Waals surface area contributed by atoms with Gasteiger partial charge in [-0.2, -0.15) is 0 Å². The second-order valence-corrected chi connectivity index (χ2v) is 4.10. The zero-order chi connectivity index (χ0) is 10.9. The van der Waals surface area contributed by atoms with Crippen LogP contribution in [0.2, 0.25) is 0 Å². The van der Waals surface area contributed by atoms with Crippen molar-refractivity contribution < 1.29 is 23.1 Å². The highest BCUT2D eigenvalue weighted by Crippen LogP contribution is 2.46. The molecule has 0 radical (unpaired) electrons. The molecule has 1 aliphatic carbocycles. The van der Waals surface area contributed by atoms with Crippen molar-refractivity contribution in [2.45, 2.75) is 31.0 Å². The molecule has 1 spiro atoms. The highest BCUT2D eigenvalue weighted by atomic mass is 19.3. The van der Waals surface area contributed by atoms with Crippen molar-refractivity contribution in [1.82, 2.24) is 0 Å². The monoisotopic (exact) mass is 223 g/mol. The molecule has 0 amide bonds. The Morgan fingerprint density at radius 2 is 1.93 bits per heavy atom. The molecule has 2 N–H and O–H groups in total. The number of nitrogens with two attached hydrogens (primary N) is 1. The van der Waals surface area contributed by atoms with Gasteiger partial charge >= 0.3 is 0 Å². The molecule has 1 saturated carbocycles. The van der Waals surface area contributed by atoms with Crippen molar-refractivity contribution in [3.05, 3.63) is 0 Å². The maximum absolute atomic E-state index is 13.2. The molecular formula is C9H15F2NO3. The van der Waals surface area contributed by atoms with Crippen molar-refractivity contribution in [2.75, 3.05) is 19.8 Å². The Morgan fingerprint density at radius 3 is 2.53 bits per heavy atom. The summed E-state index contributed by atoms with van der Waals surface area (Å²) in [5, 5.41) is 0. The van der Waals surface area contributed by atoms with Crippen LogP contribution < -0.4 is 5.90 Å². The standard InChI is InChI=1S/C9H15F2NO3/c10-8(11)1-2-9(13-3-4-14-9)7(5-8)6-15-12/h7H,1-6,12H2. The summed E-state index contributed by atoms with van der Waals surface area (Å²) in [4.78, 5) is 4.47. The lowest BCUT2D eigenvalue weighted by Crippen LogP contribution is -2.49. The lowest BCUT2D eigenvalue weighted by molar-refractivity contribution is -0.254. The van der Waals surface area contributed by atoms with Crippen LogP contribution in [0.3, 0.4) is 0 Å². The number of halogens is 2. The van der Waals surface area contributed by atoms with E-state index in [1.807, 2.05) is 0 Å². The van der Waals surface area contributed by atoms with Gasteiger partial charge in [0.25, 0.3) is 0 Å². The summed E-state index contributed by atoms with van der Waals surface area (Å²) in [6.45, 7) is 0.939. The third-order valence-electron chi connectivity index (χ3n) is 3.08. The Balaban J connectivity index is 2.10. The van der Waals surface area contributed by atoms with Crippen molar-refractivity contribution in [1.29, 1.82) is 0 Å². The van der Waals surface area contributed by atoms with Gasteiger partial charge in [-0.15, -0.1) is 0 Å². The van der Waals surface area contributed by atoms with E-state index in [1.54, 1.807) is 0 Å². The second-order valence-electron chi connectivity index (χ2n) is 4.10. The molecule has 2 rings (SSSR count). The van der Waals surface area contributed by atoms with Crippen LogP contribution in [0.15, 0.2) is 0 Å². The summed E-state index contributed by atoms with van der Waals surface area (Å²) >= 11 is 0. The van der Waals surface area contributed by atoms with Gasteiger partial charge in [0.1, 0.15) is 0 Å². The molecular weight excluding hydrogens is 208 g/mol. The molecule has 1 aliphatic heterocycles. The Kier molecular flexibility index (Phi) is 2.94. The minimum absolute atomic E-state index is 0.0373. The van der Waals surface area contributed by atoms with Crippen molar-refractivity contribution in [3.8, 4) is 0 Å². The summed E-state index contributed by atoms with van der Waals surface area (Å²) < 4.78 is 37.3. The number of hydrogen-bond donors (Lipinski definition) is 1. The minimum Gasteiger partial charge on any atom is -0.347 e. The van der Waals surface area contributed by atoms with E-state index in [-0.39, 0.29) is 25.9 Å². The fourth-order valence-corrected chi connectivity index (χ4v) is 2.33. The molecule has 88 valence electrons. The third kappa shape index (κ3) is 2.13. The van der Waals surface area contributed by atoms with Crippen LogP contribution in [0.4, 0.5) is 8.78 Å². The summed E-state index contributed by atoms with van der Waals surface area (Å²) in [5.41, 5.74) is 0. The van der Waals surface area contributed by atoms with Crippen LogP contribution >= 0.6 is 0 Å². The maximum atomic E-state index is 13.2. The van der Waals surface area contributed by atoms with Crippen molar-refractivity contribution >= 4 is 0 Å². The van der Waals surface area contributed by atoms with Crippen LogP contribution in [0.25, 0.3) is 0 Å². The van der Waals surface area contributed by atoms with E-state index in [2.05, 4.69) is 4.84 Å². The molecule has 1 atom stereocenters. The molecule has 1 saturated heterocycles. The second kappa shape index (κ2) is 3.93. The summed E-state index contributed by atoms with van der Waals surface area (Å²) in [5.74, 6) is 0.900. The molecule has 6 heteroatoms. The van der Waals surface area contributed by atoms with E-state index in [0.717, 1.165) is 0 Å². The fourth-order valence-electron chi connectivity index (χ4n) is 2.33. The van der Waals surface area contributed by atoms with E-state index in [0.29, 0.717) is 13.2 Å². The van der Waals surface area contributed by atoms with Crippen LogP contribution in [0.5, 0.6) is 0 Å². The summed E-state index contributed by atoms with van der Waals surface area (Å²) in [7, 11) is 0. The van der Waals surface area contributed by atoms with Gasteiger partial charge < -0.3 is 14.3 Å². The number of rotatable bonds is 2. The van der Waals surface area contributed by atoms with E-state index >= 15 is 0 Å². The Morgan fingerprint density at radius 1 is 1.27 bits per heavy atom. The first kappa shape index (κ1) is 11.2. The molecule has 0 aromatic heterocycles. The number of ether oxygens (including phenoxy) is 2. The van der Waals surface area contributed by atoms with E-state index in [4.69, 9.17) is 15.4 Å². The molecule has 0 aromatic carbocycles. The zero-order valence-corrected chi connectivity index (χ0v) is 8.38. The largest absolute Gasteiger partial charge is 0.347 e. The maximum Gasteiger partial charge on any atom is 0.248 e. The molecule has 4 nitrogen and oxygen atoms in total. The quantitative estimate of drug-likeness (QED) is 0.711. The molecule has 0 aromatic rings. The lowest BCUT2D eigenvalue weighted by Gasteiger charge is -2.41. The average Bonchev–Trinajstić information content (AvgIpc) is 2.62. The molecule has 0 bridgehead atoms.